The minimum absolute atomic E-state index is 0.0171. The molecular weight excluding hydrogens is 607 g/mol. The number of aromatic nitrogens is 2. The first-order valence-electron chi connectivity index (χ1n) is 15.1. The zero-order valence-corrected chi connectivity index (χ0v) is 26.3. The molecule has 14 heteroatoms. The minimum atomic E-state index is -0.477. The molecular formula is C33H41FN8O5. The summed E-state index contributed by atoms with van der Waals surface area (Å²) in [6, 6.07) is 14.8. The second-order valence-electron chi connectivity index (χ2n) is 10.5. The molecule has 3 aromatic rings. The fraction of sp³-hybridized carbons (Fsp3) is 0.333. The second kappa shape index (κ2) is 19.2. The largest absolute Gasteiger partial charge is 0.443 e. The number of primary amides is 1. The highest BCUT2D eigenvalue weighted by Gasteiger charge is 2.32. The van der Waals surface area contributed by atoms with Gasteiger partial charge in [0.1, 0.15) is 23.7 Å². The molecule has 2 aliphatic heterocycles. The van der Waals surface area contributed by atoms with Crippen LogP contribution in [0.4, 0.5) is 20.6 Å². The SMILES string of the molecule is CNCC1CN(c2ccc(N3CCN(C(=O)C/C=C/n4ccncc4=N)CC3)c(F)c2)C(=O)O1.NC=O.O=CCCc1ccccc1. The van der Waals surface area contributed by atoms with Crippen molar-refractivity contribution < 1.29 is 28.3 Å². The third kappa shape index (κ3) is 11.2. The number of carbonyl (C=O) groups excluding carboxylic acids is 4. The van der Waals surface area contributed by atoms with Crippen molar-refractivity contribution >= 4 is 42.3 Å². The number of nitrogens with zero attached hydrogens (tertiary/aromatic N) is 5. The zero-order valence-electron chi connectivity index (χ0n) is 26.3. The molecule has 13 nitrogen and oxygen atoms in total. The maximum Gasteiger partial charge on any atom is 0.414 e. The van der Waals surface area contributed by atoms with Gasteiger partial charge in [-0.25, -0.2) is 9.18 Å². The van der Waals surface area contributed by atoms with Crippen LogP contribution in [0.5, 0.6) is 0 Å². The predicted octanol–water partition coefficient (Wildman–Crippen LogP) is 2.18. The van der Waals surface area contributed by atoms with Gasteiger partial charge in [-0.2, -0.15) is 0 Å². The van der Waals surface area contributed by atoms with Gasteiger partial charge in [-0.15, -0.1) is 0 Å². The number of aryl methyl sites for hydroxylation is 1. The van der Waals surface area contributed by atoms with Crippen LogP contribution in [-0.2, 0) is 25.5 Å². The average molecular weight is 649 g/mol. The van der Waals surface area contributed by atoms with Crippen molar-refractivity contribution in [3.8, 4) is 0 Å². The number of rotatable bonds is 10. The quantitative estimate of drug-likeness (QED) is 0.281. The Morgan fingerprint density at radius 2 is 1.87 bits per heavy atom. The Morgan fingerprint density at radius 3 is 2.51 bits per heavy atom. The average Bonchev–Trinajstić information content (AvgIpc) is 3.45. The number of aldehydes is 1. The number of cyclic esters (lactones) is 1. The van der Waals surface area contributed by atoms with Crippen LogP contribution >= 0.6 is 0 Å². The molecule has 1 aromatic heterocycles. The van der Waals surface area contributed by atoms with Gasteiger partial charge in [0.25, 0.3) is 0 Å². The molecule has 47 heavy (non-hydrogen) atoms. The molecule has 4 N–H and O–H groups in total. The number of amides is 3. The molecule has 0 radical (unpaired) electrons. The first kappa shape index (κ1) is 36.1. The van der Waals surface area contributed by atoms with Crippen molar-refractivity contribution in [1.29, 1.82) is 5.41 Å². The smallest absolute Gasteiger partial charge is 0.414 e. The van der Waals surface area contributed by atoms with E-state index in [2.05, 4.69) is 16.0 Å². The van der Waals surface area contributed by atoms with E-state index in [4.69, 9.17) is 14.9 Å². The van der Waals surface area contributed by atoms with Gasteiger partial charge in [-0.1, -0.05) is 36.4 Å². The molecule has 3 amide bonds. The Bertz CT molecular complexity index is 1540. The number of halogens is 1. The first-order chi connectivity index (χ1) is 22.8. The van der Waals surface area contributed by atoms with Crippen LogP contribution in [0.15, 0.2) is 73.2 Å². The number of hydrogen-bond acceptors (Lipinski definition) is 9. The molecule has 2 saturated heterocycles. The highest BCUT2D eigenvalue weighted by atomic mass is 19.1. The van der Waals surface area contributed by atoms with Gasteiger partial charge in [0.15, 0.2) is 0 Å². The number of nitrogens with two attached hydrogens (primary N) is 1. The molecule has 2 aliphatic rings. The summed E-state index contributed by atoms with van der Waals surface area (Å²) >= 11 is 0. The lowest BCUT2D eigenvalue weighted by atomic mass is 10.1. The number of carbonyl (C=O) groups is 4. The fourth-order valence-corrected chi connectivity index (χ4v) is 4.95. The molecule has 0 bridgehead atoms. The van der Waals surface area contributed by atoms with E-state index in [-0.39, 0.29) is 30.3 Å². The van der Waals surface area contributed by atoms with Crippen LogP contribution in [0, 0.1) is 11.2 Å². The number of nitrogens with one attached hydrogen (secondary N) is 2. The third-order valence-electron chi connectivity index (χ3n) is 7.26. The molecule has 0 spiro atoms. The molecule has 2 fully saturated rings. The number of anilines is 2. The second-order valence-corrected chi connectivity index (χ2v) is 10.5. The van der Waals surface area contributed by atoms with E-state index < -0.39 is 11.9 Å². The van der Waals surface area contributed by atoms with E-state index in [1.54, 1.807) is 53.3 Å². The standard InChI is InChI=1S/C23H28FN7O3.C9H10O.CH3NO/c1-26-14-18-16-31(23(33)34-18)17-4-5-20(19(24)13-17)28-9-11-30(12-10-28)22(32)3-2-7-29-8-6-27-15-21(29)25;10-8-4-7-9-5-2-1-3-6-9;2-1-3/h2,4-8,13,15,18,25-26H,3,9-12,14,16H2,1H3;1-3,5-6,8H,4,7H2;1H,(H2,2,3)/b7-2+,25-21?;;. The van der Waals surface area contributed by atoms with Gasteiger partial charge in [-0.05, 0) is 37.2 Å². The van der Waals surface area contributed by atoms with Gasteiger partial charge < -0.3 is 34.9 Å². The number of piperazine rings is 1. The van der Waals surface area contributed by atoms with Crippen molar-refractivity contribution in [3.05, 3.63) is 90.1 Å². The van der Waals surface area contributed by atoms with Crippen LogP contribution < -0.4 is 26.3 Å². The Hall–Kier alpha value is -5.37. The highest BCUT2D eigenvalue weighted by molar-refractivity contribution is 5.90. The van der Waals surface area contributed by atoms with E-state index in [9.17, 15) is 18.8 Å². The summed E-state index contributed by atoms with van der Waals surface area (Å²) in [5.41, 5.74) is 6.54. The van der Waals surface area contributed by atoms with Crippen molar-refractivity contribution in [2.24, 2.45) is 5.73 Å². The van der Waals surface area contributed by atoms with Crippen molar-refractivity contribution in [3.63, 3.8) is 0 Å². The van der Waals surface area contributed by atoms with Gasteiger partial charge in [-0.3, -0.25) is 24.9 Å². The molecule has 1 unspecified atom stereocenters. The Balaban J connectivity index is 0.000000387. The van der Waals surface area contributed by atoms with Crippen LogP contribution in [-0.4, -0.2) is 91.6 Å². The van der Waals surface area contributed by atoms with E-state index >= 15 is 0 Å². The normalized spacial score (nSPS) is 15.7. The van der Waals surface area contributed by atoms with E-state index in [1.807, 2.05) is 35.2 Å². The lowest BCUT2D eigenvalue weighted by Crippen LogP contribution is -2.48. The van der Waals surface area contributed by atoms with Crippen LogP contribution in [0.25, 0.3) is 6.20 Å². The summed E-state index contributed by atoms with van der Waals surface area (Å²) < 4.78 is 21.8. The van der Waals surface area contributed by atoms with Crippen LogP contribution in [0.2, 0.25) is 0 Å². The Kier molecular flexibility index (Phi) is 14.8. The van der Waals surface area contributed by atoms with Gasteiger partial charge in [0, 0.05) is 64.2 Å². The lowest BCUT2D eigenvalue weighted by Gasteiger charge is -2.36. The topological polar surface area (TPSA) is 167 Å². The summed E-state index contributed by atoms with van der Waals surface area (Å²) in [6.07, 6.45) is 10.2. The maximum atomic E-state index is 14.9. The fourth-order valence-electron chi connectivity index (χ4n) is 4.95. The summed E-state index contributed by atoms with van der Waals surface area (Å²) in [7, 11) is 1.78. The molecule has 5 rings (SSSR count). The maximum absolute atomic E-state index is 14.9. The Labute approximate surface area is 272 Å². The van der Waals surface area contributed by atoms with Gasteiger partial charge in [0.2, 0.25) is 12.3 Å². The van der Waals surface area contributed by atoms with E-state index in [1.165, 1.54) is 22.7 Å². The number of likely N-dealkylation sites (N-methyl/N-ethyl adjacent to an activating group) is 1. The summed E-state index contributed by atoms with van der Waals surface area (Å²) in [5, 5.41) is 10.7. The molecule has 250 valence electrons. The predicted molar refractivity (Wildman–Crippen MR) is 176 cm³/mol. The van der Waals surface area contributed by atoms with Crippen molar-refractivity contribution in [1.82, 2.24) is 19.8 Å². The highest BCUT2D eigenvalue weighted by Crippen LogP contribution is 2.28. The van der Waals surface area contributed by atoms with E-state index in [0.29, 0.717) is 57.1 Å². The molecule has 2 aromatic carbocycles. The van der Waals surface area contributed by atoms with Crippen molar-refractivity contribution in [2.45, 2.75) is 25.4 Å². The molecule has 0 aliphatic carbocycles. The third-order valence-corrected chi connectivity index (χ3v) is 7.26. The summed E-state index contributed by atoms with van der Waals surface area (Å²) in [5.74, 6) is -0.428. The number of hydrogen-bond donors (Lipinski definition) is 3. The molecule has 3 heterocycles. The first-order valence-corrected chi connectivity index (χ1v) is 15.1. The van der Waals surface area contributed by atoms with Crippen LogP contribution in [0.1, 0.15) is 18.4 Å². The number of ether oxygens (including phenoxy) is 1. The monoisotopic (exact) mass is 648 g/mol. The summed E-state index contributed by atoms with van der Waals surface area (Å²) in [6.45, 7) is 2.91. The zero-order chi connectivity index (χ0) is 34.0. The van der Waals surface area contributed by atoms with Crippen LogP contribution in [0.3, 0.4) is 0 Å². The minimum Gasteiger partial charge on any atom is -0.443 e. The van der Waals surface area contributed by atoms with Gasteiger partial charge >= 0.3 is 6.09 Å². The van der Waals surface area contributed by atoms with Gasteiger partial charge in [0.05, 0.1) is 24.1 Å². The lowest BCUT2D eigenvalue weighted by molar-refractivity contribution is -0.130. The summed E-state index contributed by atoms with van der Waals surface area (Å²) in [4.78, 5) is 52.2. The molecule has 0 saturated carbocycles. The number of benzene rings is 2. The van der Waals surface area contributed by atoms with Crippen molar-refractivity contribution in [2.75, 3.05) is 56.1 Å². The van der Waals surface area contributed by atoms with E-state index in [0.717, 1.165) is 12.7 Å². The molecule has 1 atom stereocenters. The Morgan fingerprint density at radius 1 is 1.15 bits per heavy atom.